The van der Waals surface area contributed by atoms with Gasteiger partial charge in [-0.25, -0.2) is 0 Å². The monoisotopic (exact) mass is 236 g/mol. The molecular weight excluding hydrogens is 216 g/mol. The second-order valence-corrected chi connectivity index (χ2v) is 4.50. The molecule has 2 N–H and O–H groups in total. The lowest BCUT2D eigenvalue weighted by Gasteiger charge is -2.19. The normalized spacial score (nSPS) is 16.9. The number of nitrogen functional groups attached to an aromatic ring is 1. The molecule has 0 atom stereocenters. The van der Waals surface area contributed by atoms with Gasteiger partial charge in [-0.05, 0) is 19.8 Å². The molecule has 2 heterocycles. The molecule has 1 aliphatic rings. The highest BCUT2D eigenvalue weighted by Crippen LogP contribution is 2.16. The molecule has 2 rings (SSSR count). The Balaban J connectivity index is 2.14. The van der Waals surface area contributed by atoms with Gasteiger partial charge in [0.1, 0.15) is 0 Å². The van der Waals surface area contributed by atoms with E-state index in [1.807, 2.05) is 11.8 Å². The Kier molecular flexibility index (Phi) is 3.66. The molecule has 1 aromatic heterocycles. The number of aryl methyl sites for hydroxylation is 1. The standard InChI is InChI=1S/C12H20N4O/c1-2-16-9-10(13)11(14-16)12(17)15-7-5-3-4-6-8-15/h9H,2-8,13H2,1H3. The molecule has 0 aromatic carbocycles. The van der Waals surface area contributed by atoms with Gasteiger partial charge in [0.25, 0.3) is 5.91 Å². The summed E-state index contributed by atoms with van der Waals surface area (Å²) in [6, 6.07) is 0. The first-order valence-electron chi connectivity index (χ1n) is 6.34. The minimum absolute atomic E-state index is 0.0170. The van der Waals surface area contributed by atoms with Crippen molar-refractivity contribution in [2.45, 2.75) is 39.2 Å². The quantitative estimate of drug-likeness (QED) is 0.846. The van der Waals surface area contributed by atoms with Crippen molar-refractivity contribution < 1.29 is 4.79 Å². The first-order chi connectivity index (χ1) is 8.22. The van der Waals surface area contributed by atoms with E-state index in [1.54, 1.807) is 10.9 Å². The zero-order valence-electron chi connectivity index (χ0n) is 10.4. The SMILES string of the molecule is CCn1cc(N)c(C(=O)N2CCCCCC2)n1. The molecule has 0 aliphatic carbocycles. The summed E-state index contributed by atoms with van der Waals surface area (Å²) < 4.78 is 1.71. The van der Waals surface area contributed by atoms with Crippen molar-refractivity contribution in [3.63, 3.8) is 0 Å². The Morgan fingerprint density at radius 3 is 2.53 bits per heavy atom. The van der Waals surface area contributed by atoms with Gasteiger partial charge < -0.3 is 10.6 Å². The number of carbonyl (C=O) groups excluding carboxylic acids is 1. The molecule has 1 aromatic rings. The Hall–Kier alpha value is -1.52. The maximum absolute atomic E-state index is 12.3. The van der Waals surface area contributed by atoms with Crippen molar-refractivity contribution >= 4 is 11.6 Å². The van der Waals surface area contributed by atoms with Gasteiger partial charge in [0, 0.05) is 25.8 Å². The Morgan fingerprint density at radius 2 is 2.00 bits per heavy atom. The van der Waals surface area contributed by atoms with Crippen LogP contribution in [0.4, 0.5) is 5.69 Å². The Bertz CT molecular complexity index is 391. The van der Waals surface area contributed by atoms with Crippen LogP contribution in [0.15, 0.2) is 6.20 Å². The fourth-order valence-electron chi connectivity index (χ4n) is 2.19. The maximum atomic E-state index is 12.3. The molecule has 0 saturated carbocycles. The van der Waals surface area contributed by atoms with E-state index in [1.165, 1.54) is 12.8 Å². The van der Waals surface area contributed by atoms with Crippen LogP contribution in [-0.2, 0) is 6.54 Å². The van der Waals surface area contributed by atoms with Crippen LogP contribution in [0.1, 0.15) is 43.1 Å². The number of nitrogens with zero attached hydrogens (tertiary/aromatic N) is 3. The third-order valence-corrected chi connectivity index (χ3v) is 3.21. The summed E-state index contributed by atoms with van der Waals surface area (Å²) in [5.74, 6) is -0.0170. The minimum Gasteiger partial charge on any atom is -0.396 e. The zero-order valence-corrected chi connectivity index (χ0v) is 10.4. The Morgan fingerprint density at radius 1 is 1.35 bits per heavy atom. The number of hydrogen-bond acceptors (Lipinski definition) is 3. The summed E-state index contributed by atoms with van der Waals surface area (Å²) in [6.45, 7) is 4.37. The number of hydrogen-bond donors (Lipinski definition) is 1. The molecule has 1 fully saturated rings. The van der Waals surface area contributed by atoms with Crippen molar-refractivity contribution in [2.75, 3.05) is 18.8 Å². The van der Waals surface area contributed by atoms with Gasteiger partial charge in [0.15, 0.2) is 5.69 Å². The lowest BCUT2D eigenvalue weighted by molar-refractivity contribution is 0.0756. The fourth-order valence-corrected chi connectivity index (χ4v) is 2.19. The van der Waals surface area contributed by atoms with Crippen LogP contribution in [0.3, 0.4) is 0 Å². The number of anilines is 1. The van der Waals surface area contributed by atoms with E-state index < -0.39 is 0 Å². The smallest absolute Gasteiger partial charge is 0.276 e. The van der Waals surface area contributed by atoms with Gasteiger partial charge in [-0.3, -0.25) is 9.48 Å². The number of aromatic nitrogens is 2. The maximum Gasteiger partial charge on any atom is 0.276 e. The number of carbonyl (C=O) groups is 1. The lowest BCUT2D eigenvalue weighted by Crippen LogP contribution is -2.32. The van der Waals surface area contributed by atoms with Crippen LogP contribution in [0.25, 0.3) is 0 Å². The van der Waals surface area contributed by atoms with Gasteiger partial charge in [0.2, 0.25) is 0 Å². The molecule has 0 bridgehead atoms. The van der Waals surface area contributed by atoms with E-state index in [2.05, 4.69) is 5.10 Å². The average Bonchev–Trinajstić information content (AvgIpc) is 2.56. The van der Waals surface area contributed by atoms with Crippen molar-refractivity contribution in [3.05, 3.63) is 11.9 Å². The summed E-state index contributed by atoms with van der Waals surface area (Å²) in [6.07, 6.45) is 6.32. The van der Waals surface area contributed by atoms with Crippen molar-refractivity contribution in [1.29, 1.82) is 0 Å². The van der Waals surface area contributed by atoms with E-state index in [-0.39, 0.29) is 5.91 Å². The molecule has 1 saturated heterocycles. The molecule has 1 amide bonds. The van der Waals surface area contributed by atoms with Gasteiger partial charge in [-0.15, -0.1) is 0 Å². The molecule has 0 unspecified atom stereocenters. The third-order valence-electron chi connectivity index (χ3n) is 3.21. The minimum atomic E-state index is -0.0170. The number of rotatable bonds is 2. The van der Waals surface area contributed by atoms with E-state index in [4.69, 9.17) is 5.73 Å². The summed E-state index contributed by atoms with van der Waals surface area (Å²) in [4.78, 5) is 14.2. The fraction of sp³-hybridized carbons (Fsp3) is 0.667. The molecule has 94 valence electrons. The van der Waals surface area contributed by atoms with Crippen LogP contribution in [0, 0.1) is 0 Å². The second-order valence-electron chi connectivity index (χ2n) is 4.50. The van der Waals surface area contributed by atoms with Gasteiger partial charge in [-0.2, -0.15) is 5.10 Å². The van der Waals surface area contributed by atoms with E-state index in [0.717, 1.165) is 32.5 Å². The van der Waals surface area contributed by atoms with Gasteiger partial charge >= 0.3 is 0 Å². The molecule has 1 aliphatic heterocycles. The predicted molar refractivity (Wildman–Crippen MR) is 66.7 cm³/mol. The number of likely N-dealkylation sites (tertiary alicyclic amines) is 1. The summed E-state index contributed by atoms with van der Waals surface area (Å²) in [7, 11) is 0. The molecule has 0 radical (unpaired) electrons. The average molecular weight is 236 g/mol. The lowest BCUT2D eigenvalue weighted by atomic mass is 10.2. The largest absolute Gasteiger partial charge is 0.396 e. The molecule has 17 heavy (non-hydrogen) atoms. The Labute approximate surface area is 102 Å². The van der Waals surface area contributed by atoms with Crippen LogP contribution < -0.4 is 5.73 Å². The van der Waals surface area contributed by atoms with Crippen LogP contribution in [-0.4, -0.2) is 33.7 Å². The molecule has 0 spiro atoms. The predicted octanol–water partition coefficient (Wildman–Crippen LogP) is 1.50. The van der Waals surface area contributed by atoms with Crippen LogP contribution in [0.2, 0.25) is 0 Å². The highest BCUT2D eigenvalue weighted by molar-refractivity contribution is 5.97. The van der Waals surface area contributed by atoms with E-state index in [9.17, 15) is 4.79 Å². The van der Waals surface area contributed by atoms with Gasteiger partial charge in [-0.1, -0.05) is 12.8 Å². The van der Waals surface area contributed by atoms with Crippen LogP contribution in [0.5, 0.6) is 0 Å². The summed E-state index contributed by atoms with van der Waals surface area (Å²) >= 11 is 0. The van der Waals surface area contributed by atoms with E-state index in [0.29, 0.717) is 11.4 Å². The molecule has 5 heteroatoms. The van der Waals surface area contributed by atoms with Crippen molar-refractivity contribution in [1.82, 2.24) is 14.7 Å². The molecule has 5 nitrogen and oxygen atoms in total. The van der Waals surface area contributed by atoms with Crippen LogP contribution >= 0.6 is 0 Å². The van der Waals surface area contributed by atoms with Crippen molar-refractivity contribution in [2.24, 2.45) is 0 Å². The number of amides is 1. The molecular formula is C12H20N4O. The van der Waals surface area contributed by atoms with E-state index >= 15 is 0 Å². The number of nitrogens with two attached hydrogens (primary N) is 1. The highest BCUT2D eigenvalue weighted by atomic mass is 16.2. The first kappa shape index (κ1) is 12.0. The topological polar surface area (TPSA) is 64.2 Å². The summed E-state index contributed by atoms with van der Waals surface area (Å²) in [5.41, 5.74) is 6.73. The second kappa shape index (κ2) is 5.21. The first-order valence-corrected chi connectivity index (χ1v) is 6.34. The van der Waals surface area contributed by atoms with Crippen molar-refractivity contribution in [3.8, 4) is 0 Å². The van der Waals surface area contributed by atoms with Gasteiger partial charge in [0.05, 0.1) is 5.69 Å². The summed E-state index contributed by atoms with van der Waals surface area (Å²) in [5, 5.41) is 4.23. The highest BCUT2D eigenvalue weighted by Gasteiger charge is 2.22. The zero-order chi connectivity index (χ0) is 12.3. The third kappa shape index (κ3) is 2.60.